The van der Waals surface area contributed by atoms with Crippen LogP contribution in [0.15, 0.2) is 30.6 Å². The molecule has 12 heteroatoms. The summed E-state index contributed by atoms with van der Waals surface area (Å²) in [5.74, 6) is 1.88. The number of nitrogens with one attached hydrogen (secondary N) is 3. The number of hydrogen-bond donors (Lipinski definition) is 3. The van der Waals surface area contributed by atoms with Crippen LogP contribution >= 0.6 is 11.6 Å². The lowest BCUT2D eigenvalue weighted by atomic mass is 10.2. The van der Waals surface area contributed by atoms with E-state index in [-0.39, 0.29) is 5.02 Å². The first-order chi connectivity index (χ1) is 14.2. The highest BCUT2D eigenvalue weighted by molar-refractivity contribution is 7.92. The Bertz CT molecular complexity index is 1160. The molecule has 1 aromatic carbocycles. The van der Waals surface area contributed by atoms with Crippen molar-refractivity contribution in [3.05, 3.63) is 41.2 Å². The SMILES string of the molecule is CCn1ncc(C)c1Nc1ncc(Cl)c(Nc2ccc(OC)cc2NS(C)(=O)=O)n1. The molecular weight excluding hydrogens is 430 g/mol. The lowest BCUT2D eigenvalue weighted by Gasteiger charge is -2.15. The molecule has 0 radical (unpaired) electrons. The van der Waals surface area contributed by atoms with Crippen LogP contribution in [-0.4, -0.2) is 41.5 Å². The molecule has 3 rings (SSSR count). The van der Waals surface area contributed by atoms with Crippen LogP contribution in [0.1, 0.15) is 12.5 Å². The van der Waals surface area contributed by atoms with Crippen LogP contribution in [0.3, 0.4) is 0 Å². The van der Waals surface area contributed by atoms with Gasteiger partial charge in [-0.25, -0.2) is 18.1 Å². The van der Waals surface area contributed by atoms with Gasteiger partial charge in [-0.3, -0.25) is 4.72 Å². The highest BCUT2D eigenvalue weighted by Crippen LogP contribution is 2.32. The van der Waals surface area contributed by atoms with E-state index in [1.165, 1.54) is 13.3 Å². The van der Waals surface area contributed by atoms with E-state index < -0.39 is 10.0 Å². The third-order valence-corrected chi connectivity index (χ3v) is 4.94. The second-order valence-corrected chi connectivity index (χ2v) is 8.57. The van der Waals surface area contributed by atoms with Gasteiger partial charge in [-0.05, 0) is 26.0 Å². The highest BCUT2D eigenvalue weighted by atomic mass is 35.5. The smallest absolute Gasteiger partial charge is 0.230 e. The van der Waals surface area contributed by atoms with Crippen LogP contribution in [0.4, 0.5) is 29.0 Å². The zero-order chi connectivity index (χ0) is 21.9. The number of sulfonamides is 1. The highest BCUT2D eigenvalue weighted by Gasteiger charge is 2.14. The van der Waals surface area contributed by atoms with Crippen molar-refractivity contribution in [2.45, 2.75) is 20.4 Å². The minimum Gasteiger partial charge on any atom is -0.497 e. The summed E-state index contributed by atoms with van der Waals surface area (Å²) in [7, 11) is -2.02. The van der Waals surface area contributed by atoms with Crippen molar-refractivity contribution >= 4 is 50.6 Å². The number of benzene rings is 1. The summed E-state index contributed by atoms with van der Waals surface area (Å²) in [6, 6.07) is 4.90. The van der Waals surface area contributed by atoms with E-state index in [0.717, 1.165) is 17.6 Å². The normalized spacial score (nSPS) is 11.2. The van der Waals surface area contributed by atoms with Crippen LogP contribution in [0.2, 0.25) is 5.02 Å². The molecule has 10 nitrogen and oxygen atoms in total. The Morgan fingerprint density at radius 2 is 1.97 bits per heavy atom. The molecule has 0 unspecified atom stereocenters. The molecule has 2 aromatic heterocycles. The molecule has 3 aromatic rings. The molecule has 0 aliphatic heterocycles. The number of rotatable bonds is 8. The Morgan fingerprint density at radius 3 is 2.63 bits per heavy atom. The van der Waals surface area contributed by atoms with Crippen LogP contribution < -0.4 is 20.1 Å². The van der Waals surface area contributed by atoms with E-state index in [1.54, 1.807) is 29.1 Å². The molecule has 0 amide bonds. The average Bonchev–Trinajstić information content (AvgIpc) is 3.04. The summed E-state index contributed by atoms with van der Waals surface area (Å²) in [5.41, 5.74) is 1.68. The van der Waals surface area contributed by atoms with E-state index in [0.29, 0.717) is 35.4 Å². The van der Waals surface area contributed by atoms with Gasteiger partial charge in [0.1, 0.15) is 16.6 Å². The summed E-state index contributed by atoms with van der Waals surface area (Å²) in [4.78, 5) is 8.64. The van der Waals surface area contributed by atoms with Crippen molar-refractivity contribution < 1.29 is 13.2 Å². The molecule has 0 aliphatic rings. The predicted molar refractivity (Wildman–Crippen MR) is 118 cm³/mol. The largest absolute Gasteiger partial charge is 0.497 e. The maximum Gasteiger partial charge on any atom is 0.230 e. The average molecular weight is 452 g/mol. The van der Waals surface area contributed by atoms with Gasteiger partial charge in [-0.2, -0.15) is 10.1 Å². The van der Waals surface area contributed by atoms with Gasteiger partial charge in [-0.15, -0.1) is 0 Å². The van der Waals surface area contributed by atoms with Gasteiger partial charge >= 0.3 is 0 Å². The Balaban J connectivity index is 1.94. The number of aryl methyl sites for hydroxylation is 2. The first-order valence-corrected chi connectivity index (χ1v) is 11.2. The monoisotopic (exact) mass is 451 g/mol. The lowest BCUT2D eigenvalue weighted by molar-refractivity contribution is 0.415. The number of ether oxygens (including phenoxy) is 1. The van der Waals surface area contributed by atoms with E-state index in [1.807, 2.05) is 13.8 Å². The Hall–Kier alpha value is -3.05. The van der Waals surface area contributed by atoms with Gasteiger partial charge in [0.25, 0.3) is 0 Å². The molecular formula is C18H22ClN7O3S. The standard InChI is InChI=1S/C18H22ClN7O3S/c1-5-26-17(11(2)9-21-26)24-18-20-10-13(19)16(23-18)22-14-7-6-12(29-3)8-15(14)25-30(4,27)28/h6-10,25H,5H2,1-4H3,(H2,20,22,23,24). The summed E-state index contributed by atoms with van der Waals surface area (Å²) in [5, 5.41) is 10.7. The molecule has 30 heavy (non-hydrogen) atoms. The van der Waals surface area contributed by atoms with Gasteiger partial charge in [0.15, 0.2) is 5.82 Å². The van der Waals surface area contributed by atoms with Crippen LogP contribution in [-0.2, 0) is 16.6 Å². The quantitative estimate of drug-likeness (QED) is 0.475. The minimum absolute atomic E-state index is 0.266. The topological polar surface area (TPSA) is 123 Å². The van der Waals surface area contributed by atoms with Crippen molar-refractivity contribution in [3.8, 4) is 5.75 Å². The molecule has 3 N–H and O–H groups in total. The molecule has 0 saturated heterocycles. The number of aromatic nitrogens is 4. The van der Waals surface area contributed by atoms with Crippen molar-refractivity contribution in [3.63, 3.8) is 0 Å². The lowest BCUT2D eigenvalue weighted by Crippen LogP contribution is -2.12. The third kappa shape index (κ3) is 5.10. The first kappa shape index (κ1) is 21.7. The number of halogens is 1. The van der Waals surface area contributed by atoms with Crippen LogP contribution in [0.25, 0.3) is 0 Å². The van der Waals surface area contributed by atoms with E-state index >= 15 is 0 Å². The molecule has 0 bridgehead atoms. The zero-order valence-corrected chi connectivity index (χ0v) is 18.5. The molecule has 0 saturated carbocycles. The second kappa shape index (κ2) is 8.76. The van der Waals surface area contributed by atoms with Crippen molar-refractivity contribution in [2.75, 3.05) is 28.7 Å². The third-order valence-electron chi connectivity index (χ3n) is 4.07. The minimum atomic E-state index is -3.52. The summed E-state index contributed by atoms with van der Waals surface area (Å²) in [6.45, 7) is 4.59. The van der Waals surface area contributed by atoms with Crippen LogP contribution in [0, 0.1) is 6.92 Å². The van der Waals surface area contributed by atoms with Gasteiger partial charge in [0.05, 0.1) is 37.1 Å². The van der Waals surface area contributed by atoms with E-state index in [2.05, 4.69) is 30.4 Å². The Kier molecular flexibility index (Phi) is 6.32. The van der Waals surface area contributed by atoms with Crippen molar-refractivity contribution in [1.29, 1.82) is 0 Å². The number of hydrogen-bond acceptors (Lipinski definition) is 8. The summed E-state index contributed by atoms with van der Waals surface area (Å²) < 4.78 is 32.9. The molecule has 160 valence electrons. The molecule has 0 spiro atoms. The Labute approximate surface area is 179 Å². The fourth-order valence-corrected chi connectivity index (χ4v) is 3.38. The van der Waals surface area contributed by atoms with Gasteiger partial charge in [0.2, 0.25) is 16.0 Å². The van der Waals surface area contributed by atoms with E-state index in [9.17, 15) is 8.42 Å². The predicted octanol–water partition coefficient (Wildman–Crippen LogP) is 3.52. The molecule has 0 aliphatic carbocycles. The second-order valence-electron chi connectivity index (χ2n) is 6.42. The van der Waals surface area contributed by atoms with Gasteiger partial charge in [-0.1, -0.05) is 11.6 Å². The maximum atomic E-state index is 11.7. The number of nitrogens with zero attached hydrogens (tertiary/aromatic N) is 4. The molecule has 0 fully saturated rings. The maximum absolute atomic E-state index is 11.7. The molecule has 0 atom stereocenters. The van der Waals surface area contributed by atoms with Gasteiger partial charge in [0, 0.05) is 18.2 Å². The first-order valence-electron chi connectivity index (χ1n) is 8.95. The van der Waals surface area contributed by atoms with Crippen molar-refractivity contribution in [1.82, 2.24) is 19.7 Å². The number of anilines is 5. The fourth-order valence-electron chi connectivity index (χ4n) is 2.67. The number of methoxy groups -OCH3 is 1. The Morgan fingerprint density at radius 1 is 1.20 bits per heavy atom. The van der Waals surface area contributed by atoms with Gasteiger partial charge < -0.3 is 15.4 Å². The fraction of sp³-hybridized carbons (Fsp3) is 0.278. The van der Waals surface area contributed by atoms with E-state index in [4.69, 9.17) is 16.3 Å². The van der Waals surface area contributed by atoms with Crippen molar-refractivity contribution in [2.24, 2.45) is 0 Å². The van der Waals surface area contributed by atoms with Crippen LogP contribution in [0.5, 0.6) is 5.75 Å². The summed E-state index contributed by atoms with van der Waals surface area (Å²) >= 11 is 6.27. The zero-order valence-electron chi connectivity index (χ0n) is 16.9. The molecule has 2 heterocycles. The summed E-state index contributed by atoms with van der Waals surface area (Å²) in [6.07, 6.45) is 4.27.